The van der Waals surface area contributed by atoms with Gasteiger partial charge in [0.2, 0.25) is 0 Å². The van der Waals surface area contributed by atoms with E-state index < -0.39 is 17.9 Å². The molecule has 166 valence electrons. The number of thioether (sulfide) groups is 1. The van der Waals surface area contributed by atoms with E-state index in [4.69, 9.17) is 32.7 Å². The highest BCUT2D eigenvalue weighted by molar-refractivity contribution is 7.98. The molecule has 8 heteroatoms. The van der Waals surface area contributed by atoms with Crippen molar-refractivity contribution in [2.45, 2.75) is 30.4 Å². The average molecular weight is 490 g/mol. The maximum Gasteiger partial charge on any atom is 0.337 e. The first-order valence-electron chi connectivity index (χ1n) is 10.1. The Morgan fingerprint density at radius 3 is 2.81 bits per heavy atom. The number of nitrogens with one attached hydrogen (secondary N) is 1. The van der Waals surface area contributed by atoms with Crippen LogP contribution in [0.3, 0.4) is 0 Å². The number of hydrogen-bond acceptors (Lipinski definition) is 6. The van der Waals surface area contributed by atoms with Crippen LogP contribution < -0.4 is 5.32 Å². The van der Waals surface area contributed by atoms with Crippen LogP contribution in [0.1, 0.15) is 30.9 Å². The lowest BCUT2D eigenvalue weighted by Gasteiger charge is -2.28. The molecule has 0 saturated heterocycles. The Labute approximate surface area is 200 Å². The van der Waals surface area contributed by atoms with Crippen molar-refractivity contribution in [1.82, 2.24) is 5.32 Å². The minimum atomic E-state index is -0.584. The lowest BCUT2D eigenvalue weighted by molar-refractivity contribution is -0.138. The zero-order chi connectivity index (χ0) is 22.8. The number of dihydropyridines is 1. The molecule has 0 aromatic heterocycles. The van der Waals surface area contributed by atoms with Crippen LogP contribution >= 0.6 is 35.0 Å². The van der Waals surface area contributed by atoms with Gasteiger partial charge in [-0.05, 0) is 49.2 Å². The van der Waals surface area contributed by atoms with Crippen LogP contribution in [0, 0.1) is 0 Å². The van der Waals surface area contributed by atoms with Crippen molar-refractivity contribution < 1.29 is 19.1 Å². The third kappa shape index (κ3) is 4.40. The third-order valence-corrected chi connectivity index (χ3v) is 7.07. The molecule has 1 unspecified atom stereocenters. The van der Waals surface area contributed by atoms with E-state index in [2.05, 4.69) is 5.32 Å². The topological polar surface area (TPSA) is 64.6 Å². The molecule has 4 rings (SSSR count). The van der Waals surface area contributed by atoms with Gasteiger partial charge in [0.1, 0.15) is 6.61 Å². The Kier molecular flexibility index (Phi) is 6.84. The molecular weight excluding hydrogens is 469 g/mol. The van der Waals surface area contributed by atoms with Crippen LogP contribution in [0.25, 0.3) is 0 Å². The first-order chi connectivity index (χ1) is 15.4. The minimum absolute atomic E-state index is 0.158. The zero-order valence-electron chi connectivity index (χ0n) is 17.5. The first kappa shape index (κ1) is 22.8. The van der Waals surface area contributed by atoms with Gasteiger partial charge in [0.05, 0.1) is 29.4 Å². The average Bonchev–Trinajstić information content (AvgIpc) is 3.14. The van der Waals surface area contributed by atoms with Gasteiger partial charge in [-0.25, -0.2) is 9.59 Å². The van der Waals surface area contributed by atoms with Gasteiger partial charge in [0.15, 0.2) is 0 Å². The third-order valence-electron chi connectivity index (χ3n) is 5.33. The molecule has 2 aliphatic rings. The van der Waals surface area contributed by atoms with Crippen LogP contribution in [-0.4, -0.2) is 25.2 Å². The van der Waals surface area contributed by atoms with Crippen molar-refractivity contribution >= 4 is 46.9 Å². The van der Waals surface area contributed by atoms with E-state index in [1.807, 2.05) is 37.3 Å². The normalized spacial score (nSPS) is 17.8. The van der Waals surface area contributed by atoms with Gasteiger partial charge in [-0.3, -0.25) is 0 Å². The number of rotatable bonds is 6. The predicted molar refractivity (Wildman–Crippen MR) is 126 cm³/mol. The van der Waals surface area contributed by atoms with Crippen LogP contribution in [-0.2, 0) is 24.8 Å². The monoisotopic (exact) mass is 489 g/mol. The number of carbonyl (C=O) groups is 2. The van der Waals surface area contributed by atoms with E-state index in [1.165, 1.54) is 0 Å². The summed E-state index contributed by atoms with van der Waals surface area (Å²) in [5.74, 6) is -0.885. The molecule has 0 aliphatic carbocycles. The number of halogens is 2. The van der Waals surface area contributed by atoms with Gasteiger partial charge in [-0.1, -0.05) is 41.4 Å². The molecule has 2 aromatic carbocycles. The molecule has 0 fully saturated rings. The zero-order valence-corrected chi connectivity index (χ0v) is 19.9. The molecule has 2 aromatic rings. The standard InChI is InChI=1S/C24H21Cl2NO4S/c1-3-30-23(28)20-13(2)27-18-11-31-24(29)22(18)21(20)16-6-4-5-7-19(16)32-12-14-10-15(25)8-9-17(14)26/h4-10,21,27H,3,11-12H2,1-2H3. The van der Waals surface area contributed by atoms with Crippen molar-refractivity contribution in [3.8, 4) is 0 Å². The second-order valence-corrected chi connectivity index (χ2v) is 9.21. The summed E-state index contributed by atoms with van der Waals surface area (Å²) in [5.41, 5.74) is 3.95. The Bertz CT molecular complexity index is 1160. The number of ether oxygens (including phenoxy) is 2. The minimum Gasteiger partial charge on any atom is -0.463 e. The molecule has 0 spiro atoms. The maximum absolute atomic E-state index is 12.9. The lowest BCUT2D eigenvalue weighted by Crippen LogP contribution is -2.30. The van der Waals surface area contributed by atoms with Gasteiger partial charge in [0, 0.05) is 26.4 Å². The number of hydrogen-bond donors (Lipinski definition) is 1. The van der Waals surface area contributed by atoms with Crippen molar-refractivity contribution in [3.63, 3.8) is 0 Å². The molecule has 0 bridgehead atoms. The largest absolute Gasteiger partial charge is 0.463 e. The van der Waals surface area contributed by atoms with Crippen LogP contribution in [0.2, 0.25) is 10.0 Å². The van der Waals surface area contributed by atoms with Gasteiger partial charge < -0.3 is 14.8 Å². The highest BCUT2D eigenvalue weighted by Crippen LogP contribution is 2.45. The van der Waals surface area contributed by atoms with E-state index in [1.54, 1.807) is 30.8 Å². The summed E-state index contributed by atoms with van der Waals surface area (Å²) in [6.07, 6.45) is 0. The Balaban J connectivity index is 1.76. The summed E-state index contributed by atoms with van der Waals surface area (Å²) in [6, 6.07) is 13.1. The SMILES string of the molecule is CCOC(=O)C1=C(C)NC2=C(C(=O)OC2)C1c1ccccc1SCc1cc(Cl)ccc1Cl. The quantitative estimate of drug-likeness (QED) is 0.419. The number of esters is 2. The molecule has 1 N–H and O–H groups in total. The number of allylic oxidation sites excluding steroid dienone is 1. The molecule has 1 atom stereocenters. The van der Waals surface area contributed by atoms with Gasteiger partial charge in [-0.2, -0.15) is 0 Å². The van der Waals surface area contributed by atoms with Gasteiger partial charge in [-0.15, -0.1) is 11.8 Å². The smallest absolute Gasteiger partial charge is 0.337 e. The summed E-state index contributed by atoms with van der Waals surface area (Å²) in [7, 11) is 0. The van der Waals surface area contributed by atoms with Crippen molar-refractivity contribution in [1.29, 1.82) is 0 Å². The Morgan fingerprint density at radius 1 is 1.25 bits per heavy atom. The fourth-order valence-corrected chi connectivity index (χ4v) is 5.45. The van der Waals surface area contributed by atoms with Gasteiger partial charge in [0.25, 0.3) is 0 Å². The highest BCUT2D eigenvalue weighted by Gasteiger charge is 2.42. The molecule has 2 aliphatic heterocycles. The second-order valence-electron chi connectivity index (χ2n) is 7.35. The fourth-order valence-electron chi connectivity index (χ4n) is 3.92. The maximum atomic E-state index is 12.9. The van der Waals surface area contributed by atoms with E-state index in [9.17, 15) is 9.59 Å². The Hall–Kier alpha value is -2.41. The summed E-state index contributed by atoms with van der Waals surface area (Å²) in [4.78, 5) is 26.5. The fraction of sp³-hybridized carbons (Fsp3) is 0.250. The summed E-state index contributed by atoms with van der Waals surface area (Å²) in [5, 5.41) is 4.41. The van der Waals surface area contributed by atoms with Crippen LogP contribution in [0.4, 0.5) is 0 Å². The number of cyclic esters (lactones) is 1. The molecule has 0 saturated carbocycles. The summed E-state index contributed by atoms with van der Waals surface area (Å²) in [6.45, 7) is 3.97. The van der Waals surface area contributed by atoms with E-state index in [0.717, 1.165) is 16.0 Å². The molecule has 2 heterocycles. The van der Waals surface area contributed by atoms with E-state index >= 15 is 0 Å². The lowest BCUT2D eigenvalue weighted by atomic mass is 9.81. The molecular formula is C24H21Cl2NO4S. The molecule has 32 heavy (non-hydrogen) atoms. The predicted octanol–water partition coefficient (Wildman–Crippen LogP) is 5.62. The molecule has 5 nitrogen and oxygen atoms in total. The van der Waals surface area contributed by atoms with Crippen LogP contribution in [0.15, 0.2) is 69.9 Å². The first-order valence-corrected chi connectivity index (χ1v) is 11.9. The summed E-state index contributed by atoms with van der Waals surface area (Å²) >= 11 is 14.1. The highest BCUT2D eigenvalue weighted by atomic mass is 35.5. The van der Waals surface area contributed by atoms with Crippen molar-refractivity contribution in [2.24, 2.45) is 0 Å². The van der Waals surface area contributed by atoms with E-state index in [-0.39, 0.29) is 13.2 Å². The van der Waals surface area contributed by atoms with Crippen molar-refractivity contribution in [2.75, 3.05) is 13.2 Å². The second kappa shape index (κ2) is 9.61. The number of carbonyl (C=O) groups excluding carboxylic acids is 2. The van der Waals surface area contributed by atoms with Gasteiger partial charge >= 0.3 is 11.9 Å². The van der Waals surface area contributed by atoms with Crippen molar-refractivity contribution in [3.05, 3.63) is 86.2 Å². The Morgan fingerprint density at radius 2 is 2.03 bits per heavy atom. The molecule has 0 radical (unpaired) electrons. The summed E-state index contributed by atoms with van der Waals surface area (Å²) < 4.78 is 10.6. The molecule has 0 amide bonds. The number of benzene rings is 2. The van der Waals surface area contributed by atoms with E-state index in [0.29, 0.717) is 38.3 Å². The van der Waals surface area contributed by atoms with Crippen LogP contribution in [0.5, 0.6) is 0 Å².